The molecule has 1 aliphatic heterocycles. The second kappa shape index (κ2) is 5.82. The van der Waals surface area contributed by atoms with Gasteiger partial charge in [-0.1, -0.05) is 30.7 Å². The van der Waals surface area contributed by atoms with E-state index in [2.05, 4.69) is 12.1 Å². The van der Waals surface area contributed by atoms with E-state index >= 15 is 0 Å². The second-order valence-electron chi connectivity index (χ2n) is 4.65. The van der Waals surface area contributed by atoms with Crippen LogP contribution >= 0.6 is 0 Å². The van der Waals surface area contributed by atoms with Crippen LogP contribution in [0.3, 0.4) is 0 Å². The summed E-state index contributed by atoms with van der Waals surface area (Å²) < 4.78 is 0. The lowest BCUT2D eigenvalue weighted by molar-refractivity contribution is -0.131. The SMILES string of the molecule is NCc1cccc(CN2CCCCCC2=O)c1. The third kappa shape index (κ3) is 3.30. The van der Waals surface area contributed by atoms with Crippen LogP contribution in [-0.2, 0) is 17.9 Å². The number of carbonyl (C=O) groups is 1. The van der Waals surface area contributed by atoms with Crippen LogP contribution in [0.4, 0.5) is 0 Å². The summed E-state index contributed by atoms with van der Waals surface area (Å²) in [6.07, 6.45) is 4.04. The Morgan fingerprint density at radius 2 is 2.00 bits per heavy atom. The van der Waals surface area contributed by atoms with E-state index in [-0.39, 0.29) is 0 Å². The molecule has 92 valence electrons. The standard InChI is InChI=1S/C14H20N2O/c15-10-12-5-4-6-13(9-12)11-16-8-3-1-2-7-14(16)17/h4-6,9H,1-3,7-8,10-11,15H2. The van der Waals surface area contributed by atoms with Crippen LogP contribution in [-0.4, -0.2) is 17.4 Å². The first-order valence-electron chi connectivity index (χ1n) is 6.35. The average molecular weight is 232 g/mol. The highest BCUT2D eigenvalue weighted by molar-refractivity contribution is 5.76. The van der Waals surface area contributed by atoms with Crippen molar-refractivity contribution in [3.8, 4) is 0 Å². The highest BCUT2D eigenvalue weighted by Crippen LogP contribution is 2.15. The van der Waals surface area contributed by atoms with E-state index in [0.717, 1.165) is 31.5 Å². The average Bonchev–Trinajstić information content (AvgIpc) is 2.55. The van der Waals surface area contributed by atoms with Crippen molar-refractivity contribution in [2.75, 3.05) is 6.54 Å². The van der Waals surface area contributed by atoms with Crippen LogP contribution in [0, 0.1) is 0 Å². The van der Waals surface area contributed by atoms with E-state index < -0.39 is 0 Å². The molecule has 0 unspecified atom stereocenters. The van der Waals surface area contributed by atoms with Gasteiger partial charge in [0.25, 0.3) is 0 Å². The first kappa shape index (κ1) is 12.1. The second-order valence-corrected chi connectivity index (χ2v) is 4.65. The Hall–Kier alpha value is -1.35. The number of rotatable bonds is 3. The summed E-state index contributed by atoms with van der Waals surface area (Å²) in [4.78, 5) is 13.8. The molecule has 1 aromatic carbocycles. The first-order chi connectivity index (χ1) is 8.29. The maximum absolute atomic E-state index is 11.9. The Labute approximate surface area is 103 Å². The van der Waals surface area contributed by atoms with Crippen LogP contribution < -0.4 is 5.73 Å². The van der Waals surface area contributed by atoms with Crippen molar-refractivity contribution in [3.63, 3.8) is 0 Å². The van der Waals surface area contributed by atoms with E-state index in [4.69, 9.17) is 5.73 Å². The smallest absolute Gasteiger partial charge is 0.222 e. The summed E-state index contributed by atoms with van der Waals surface area (Å²) in [6.45, 7) is 2.18. The van der Waals surface area contributed by atoms with E-state index in [0.29, 0.717) is 18.9 Å². The Balaban J connectivity index is 2.05. The highest BCUT2D eigenvalue weighted by Gasteiger charge is 2.16. The van der Waals surface area contributed by atoms with Crippen molar-refractivity contribution < 1.29 is 4.79 Å². The van der Waals surface area contributed by atoms with E-state index in [9.17, 15) is 4.79 Å². The molecule has 2 rings (SSSR count). The van der Waals surface area contributed by atoms with Crippen molar-refractivity contribution in [3.05, 3.63) is 35.4 Å². The molecule has 0 bridgehead atoms. The third-order valence-electron chi connectivity index (χ3n) is 3.27. The summed E-state index contributed by atoms with van der Waals surface area (Å²) in [5, 5.41) is 0. The molecule has 17 heavy (non-hydrogen) atoms. The van der Waals surface area contributed by atoms with Crippen LogP contribution in [0.1, 0.15) is 36.8 Å². The minimum absolute atomic E-state index is 0.292. The number of carbonyl (C=O) groups excluding carboxylic acids is 1. The molecule has 1 amide bonds. The fraction of sp³-hybridized carbons (Fsp3) is 0.500. The predicted octanol–water partition coefficient (Wildman–Crippen LogP) is 2.05. The van der Waals surface area contributed by atoms with Gasteiger partial charge in [-0.3, -0.25) is 4.79 Å². The normalized spacial score (nSPS) is 17.0. The number of nitrogens with two attached hydrogens (primary N) is 1. The zero-order valence-electron chi connectivity index (χ0n) is 10.2. The van der Waals surface area contributed by atoms with Gasteiger partial charge in [0.1, 0.15) is 0 Å². The highest BCUT2D eigenvalue weighted by atomic mass is 16.2. The van der Waals surface area contributed by atoms with Crippen LogP contribution in [0.5, 0.6) is 0 Å². The molecule has 1 heterocycles. The number of nitrogens with zero attached hydrogens (tertiary/aromatic N) is 1. The maximum Gasteiger partial charge on any atom is 0.222 e. The summed E-state index contributed by atoms with van der Waals surface area (Å²) in [7, 11) is 0. The lowest BCUT2D eigenvalue weighted by Gasteiger charge is -2.20. The monoisotopic (exact) mass is 232 g/mol. The summed E-state index contributed by atoms with van der Waals surface area (Å²) in [6, 6.07) is 8.20. The number of hydrogen-bond donors (Lipinski definition) is 1. The van der Waals surface area contributed by atoms with Crippen molar-refractivity contribution in [2.24, 2.45) is 5.73 Å². The molecule has 0 radical (unpaired) electrons. The molecule has 0 saturated carbocycles. The van der Waals surface area contributed by atoms with Gasteiger partial charge in [0.15, 0.2) is 0 Å². The third-order valence-corrected chi connectivity index (χ3v) is 3.27. The Morgan fingerprint density at radius 3 is 2.82 bits per heavy atom. The van der Waals surface area contributed by atoms with Gasteiger partial charge in [-0.15, -0.1) is 0 Å². The van der Waals surface area contributed by atoms with E-state index in [1.807, 2.05) is 17.0 Å². The summed E-state index contributed by atoms with van der Waals surface area (Å²) in [5.74, 6) is 0.292. The van der Waals surface area contributed by atoms with Crippen LogP contribution in [0.15, 0.2) is 24.3 Å². The molecule has 1 aliphatic rings. The van der Waals surface area contributed by atoms with Gasteiger partial charge in [0, 0.05) is 26.1 Å². The van der Waals surface area contributed by atoms with Gasteiger partial charge in [0.2, 0.25) is 5.91 Å². The zero-order valence-corrected chi connectivity index (χ0v) is 10.2. The summed E-state index contributed by atoms with van der Waals surface area (Å²) in [5.41, 5.74) is 7.94. The lowest BCUT2D eigenvalue weighted by atomic mass is 10.1. The first-order valence-corrected chi connectivity index (χ1v) is 6.35. The Morgan fingerprint density at radius 1 is 1.18 bits per heavy atom. The largest absolute Gasteiger partial charge is 0.338 e. The number of amides is 1. The molecule has 1 saturated heterocycles. The van der Waals surface area contributed by atoms with Gasteiger partial charge in [0.05, 0.1) is 0 Å². The van der Waals surface area contributed by atoms with Crippen LogP contribution in [0.25, 0.3) is 0 Å². The minimum atomic E-state index is 0.292. The zero-order chi connectivity index (χ0) is 12.1. The number of likely N-dealkylation sites (tertiary alicyclic amines) is 1. The molecule has 0 aromatic heterocycles. The molecule has 2 N–H and O–H groups in total. The molecule has 3 heteroatoms. The minimum Gasteiger partial charge on any atom is -0.338 e. The predicted molar refractivity (Wildman–Crippen MR) is 68.2 cm³/mol. The fourth-order valence-corrected chi connectivity index (χ4v) is 2.28. The van der Waals surface area contributed by atoms with Crippen molar-refractivity contribution in [1.82, 2.24) is 4.90 Å². The van der Waals surface area contributed by atoms with Gasteiger partial charge >= 0.3 is 0 Å². The van der Waals surface area contributed by atoms with E-state index in [1.165, 1.54) is 12.0 Å². The van der Waals surface area contributed by atoms with Gasteiger partial charge in [-0.2, -0.15) is 0 Å². The van der Waals surface area contributed by atoms with Gasteiger partial charge < -0.3 is 10.6 Å². The molecule has 1 fully saturated rings. The molecule has 1 aromatic rings. The molecule has 0 aliphatic carbocycles. The molecular weight excluding hydrogens is 212 g/mol. The molecule has 0 spiro atoms. The maximum atomic E-state index is 11.9. The topological polar surface area (TPSA) is 46.3 Å². The lowest BCUT2D eigenvalue weighted by Crippen LogP contribution is -2.29. The number of benzene rings is 1. The molecule has 3 nitrogen and oxygen atoms in total. The van der Waals surface area contributed by atoms with Crippen molar-refractivity contribution >= 4 is 5.91 Å². The van der Waals surface area contributed by atoms with Crippen molar-refractivity contribution in [2.45, 2.75) is 38.8 Å². The molecular formula is C14H20N2O. The summed E-state index contributed by atoms with van der Waals surface area (Å²) >= 11 is 0. The van der Waals surface area contributed by atoms with Crippen LogP contribution in [0.2, 0.25) is 0 Å². The fourth-order valence-electron chi connectivity index (χ4n) is 2.28. The van der Waals surface area contributed by atoms with Gasteiger partial charge in [-0.05, 0) is 24.0 Å². The van der Waals surface area contributed by atoms with E-state index in [1.54, 1.807) is 0 Å². The quantitative estimate of drug-likeness (QED) is 0.867. The Kier molecular flexibility index (Phi) is 4.15. The van der Waals surface area contributed by atoms with Gasteiger partial charge in [-0.25, -0.2) is 0 Å². The van der Waals surface area contributed by atoms with Crippen molar-refractivity contribution in [1.29, 1.82) is 0 Å². The number of hydrogen-bond acceptors (Lipinski definition) is 2. The molecule has 0 atom stereocenters. The Bertz CT molecular complexity index is 390.